The van der Waals surface area contributed by atoms with Gasteiger partial charge in [-0.05, 0) is 61.1 Å². The topological polar surface area (TPSA) is 95.9 Å². The molecule has 8 nitrogen and oxygen atoms in total. The van der Waals surface area contributed by atoms with Crippen molar-refractivity contribution in [3.05, 3.63) is 71.8 Å². The summed E-state index contributed by atoms with van der Waals surface area (Å²) in [6, 6.07) is 12.6. The summed E-state index contributed by atoms with van der Waals surface area (Å²) >= 11 is 1.49. The average Bonchev–Trinajstić information content (AvgIpc) is 3.69. The molecule has 4 aromatic rings. The highest BCUT2D eigenvalue weighted by molar-refractivity contribution is 7.22. The Morgan fingerprint density at radius 1 is 1.07 bits per heavy atom. The fourth-order valence-electron chi connectivity index (χ4n) is 5.38. The summed E-state index contributed by atoms with van der Waals surface area (Å²) < 4.78 is 21.7. The third kappa shape index (κ3) is 6.51. The number of piperazine rings is 1. The second-order valence-corrected chi connectivity index (χ2v) is 12.3. The van der Waals surface area contributed by atoms with Crippen LogP contribution in [0.4, 0.5) is 4.39 Å². The number of Topliss-reactive ketones (excluding diaryl/α,β-unsaturated/α-hetero) is 1. The molecule has 1 aliphatic heterocycles. The molecule has 42 heavy (non-hydrogen) atoms. The van der Waals surface area contributed by atoms with Crippen molar-refractivity contribution >= 4 is 33.2 Å². The lowest BCUT2D eigenvalue weighted by Crippen LogP contribution is -2.53. The van der Waals surface area contributed by atoms with Crippen LogP contribution in [0.5, 0.6) is 11.5 Å². The third-order valence-corrected chi connectivity index (χ3v) is 9.08. The first-order chi connectivity index (χ1) is 20.4. The number of rotatable bonds is 10. The molecule has 6 rings (SSSR count). The van der Waals surface area contributed by atoms with Gasteiger partial charge in [0.05, 0.1) is 20.8 Å². The molecule has 1 saturated carbocycles. The molecule has 1 saturated heterocycles. The first kappa shape index (κ1) is 28.4. The number of aromatic nitrogens is 2. The van der Waals surface area contributed by atoms with Crippen LogP contribution in [0.25, 0.3) is 20.8 Å². The first-order valence-corrected chi connectivity index (χ1v) is 15.1. The van der Waals surface area contributed by atoms with Gasteiger partial charge in [-0.3, -0.25) is 24.5 Å². The zero-order chi connectivity index (χ0) is 29.2. The Labute approximate surface area is 247 Å². The highest BCUT2D eigenvalue weighted by Gasteiger charge is 2.27. The van der Waals surface area contributed by atoms with Gasteiger partial charge in [-0.15, -0.1) is 11.3 Å². The molecule has 10 heteroatoms. The first-order valence-electron chi connectivity index (χ1n) is 14.3. The Kier molecular flexibility index (Phi) is 8.28. The van der Waals surface area contributed by atoms with Crippen molar-refractivity contribution in [3.8, 4) is 22.1 Å². The number of nitrogens with zero attached hydrogens (tertiary/aromatic N) is 4. The molecular weight excluding hydrogens is 555 g/mol. The second kappa shape index (κ2) is 12.2. The minimum absolute atomic E-state index is 0.106. The summed E-state index contributed by atoms with van der Waals surface area (Å²) in [5, 5.41) is 9.14. The average molecular weight is 589 g/mol. The molecule has 0 unspecified atom stereocenters. The zero-order valence-electron chi connectivity index (χ0n) is 23.5. The zero-order valence-corrected chi connectivity index (χ0v) is 24.3. The lowest BCUT2D eigenvalue weighted by molar-refractivity contribution is -0.137. The second-order valence-electron chi connectivity index (χ2n) is 11.2. The quantitative estimate of drug-likeness (QED) is 0.271. The lowest BCUT2D eigenvalue weighted by atomic mass is 10.0. The number of amides is 1. The minimum atomic E-state index is -0.499. The van der Waals surface area contributed by atoms with Crippen molar-refractivity contribution in [3.63, 3.8) is 0 Å². The van der Waals surface area contributed by atoms with Crippen molar-refractivity contribution in [2.45, 2.75) is 45.2 Å². The van der Waals surface area contributed by atoms with Crippen LogP contribution in [0, 0.1) is 11.7 Å². The number of thiophene rings is 1. The monoisotopic (exact) mass is 588 g/mol. The van der Waals surface area contributed by atoms with Crippen molar-refractivity contribution < 1.29 is 23.8 Å². The highest BCUT2D eigenvalue weighted by Crippen LogP contribution is 2.39. The minimum Gasteiger partial charge on any atom is -0.453 e. The molecule has 1 atom stereocenters. The van der Waals surface area contributed by atoms with E-state index in [4.69, 9.17) is 14.8 Å². The Morgan fingerprint density at radius 3 is 2.62 bits per heavy atom. The number of aliphatic hydroxyl groups is 1. The van der Waals surface area contributed by atoms with Crippen molar-refractivity contribution in [2.75, 3.05) is 26.2 Å². The van der Waals surface area contributed by atoms with Crippen molar-refractivity contribution in [2.24, 2.45) is 5.92 Å². The third-order valence-electron chi connectivity index (χ3n) is 7.92. The number of carbonyl (C=O) groups is 2. The van der Waals surface area contributed by atoms with E-state index in [1.165, 1.54) is 17.4 Å². The van der Waals surface area contributed by atoms with Crippen LogP contribution >= 0.6 is 11.3 Å². The number of aliphatic hydroxyl groups excluding tert-OH is 1. The number of hydrogen-bond acceptors (Lipinski definition) is 8. The lowest BCUT2D eigenvalue weighted by Gasteiger charge is -2.39. The molecule has 1 amide bonds. The number of halogens is 1. The summed E-state index contributed by atoms with van der Waals surface area (Å²) in [6.07, 6.45) is 6.58. The number of pyridine rings is 2. The molecule has 0 spiro atoms. The largest absolute Gasteiger partial charge is 0.453 e. The molecular formula is C32H33FN4O4S. The van der Waals surface area contributed by atoms with Crippen LogP contribution in [-0.4, -0.2) is 68.8 Å². The molecule has 2 aliphatic rings. The number of fused-ring (bicyclic) bond motifs is 1. The predicted molar refractivity (Wildman–Crippen MR) is 159 cm³/mol. The van der Waals surface area contributed by atoms with E-state index in [1.54, 1.807) is 29.3 Å². The van der Waals surface area contributed by atoms with Crippen LogP contribution in [-0.2, 0) is 22.6 Å². The molecule has 1 aromatic carbocycles. The maximum absolute atomic E-state index is 14.9. The SMILES string of the molecule is C[C@@H]1CN(C(=O)CO)CCN1Cc1ccc(-c2cc3nccc(Oc4ccc(CC(=O)CC5CC5)cc4F)c3s2)nc1. The van der Waals surface area contributed by atoms with Gasteiger partial charge in [0.1, 0.15) is 18.1 Å². The molecule has 218 valence electrons. The van der Waals surface area contributed by atoms with Crippen LogP contribution in [0.15, 0.2) is 54.9 Å². The van der Waals surface area contributed by atoms with Gasteiger partial charge in [0.2, 0.25) is 5.91 Å². The summed E-state index contributed by atoms with van der Waals surface area (Å²) in [5.41, 5.74) is 3.28. The summed E-state index contributed by atoms with van der Waals surface area (Å²) in [5.74, 6) is 0.561. The van der Waals surface area contributed by atoms with E-state index < -0.39 is 12.4 Å². The summed E-state index contributed by atoms with van der Waals surface area (Å²) in [6.45, 7) is 4.29. The van der Waals surface area contributed by atoms with Gasteiger partial charge in [0, 0.05) is 63.5 Å². The van der Waals surface area contributed by atoms with E-state index in [0.29, 0.717) is 36.7 Å². The van der Waals surface area contributed by atoms with Crippen LogP contribution in [0.3, 0.4) is 0 Å². The molecule has 1 aliphatic carbocycles. The van der Waals surface area contributed by atoms with E-state index in [1.807, 2.05) is 18.3 Å². The molecule has 0 bridgehead atoms. The van der Waals surface area contributed by atoms with E-state index in [0.717, 1.165) is 52.3 Å². The molecule has 1 N–H and O–H groups in total. The Bertz CT molecular complexity index is 1600. The van der Waals surface area contributed by atoms with Gasteiger partial charge in [-0.25, -0.2) is 4.39 Å². The molecule has 0 radical (unpaired) electrons. The standard InChI is InChI=1S/C32H33FN4O4S/c1-20-17-37(31(40)19-38)11-10-36(20)18-23-4-6-26(35-16-23)30-15-27-32(42-30)29(8-9-34-27)41-28-7-5-22(14-25(28)33)13-24(39)12-21-2-3-21/h4-9,14-16,20-21,38H,2-3,10-13,17-19H2,1H3/t20-/m1/s1. The molecule has 2 fully saturated rings. The fraction of sp³-hybridized carbons (Fsp3) is 0.375. The van der Waals surface area contributed by atoms with Gasteiger partial charge in [-0.2, -0.15) is 0 Å². The number of ether oxygens (including phenoxy) is 1. The number of carbonyl (C=O) groups excluding carboxylic acids is 2. The number of hydrogen-bond donors (Lipinski definition) is 1. The van der Waals surface area contributed by atoms with E-state index in [2.05, 4.69) is 22.9 Å². The predicted octanol–water partition coefficient (Wildman–Crippen LogP) is 5.23. The van der Waals surface area contributed by atoms with Gasteiger partial charge >= 0.3 is 0 Å². The molecule has 4 heterocycles. The summed E-state index contributed by atoms with van der Waals surface area (Å²) in [7, 11) is 0. The van der Waals surface area contributed by atoms with Crippen molar-refractivity contribution in [1.82, 2.24) is 19.8 Å². The maximum Gasteiger partial charge on any atom is 0.248 e. The molecule has 3 aromatic heterocycles. The number of ketones is 1. The number of benzene rings is 1. The van der Waals surface area contributed by atoms with Gasteiger partial charge in [0.25, 0.3) is 0 Å². The van der Waals surface area contributed by atoms with Crippen LogP contribution < -0.4 is 4.74 Å². The Hall–Kier alpha value is -3.73. The Balaban J connectivity index is 1.12. The van der Waals surface area contributed by atoms with E-state index in [9.17, 15) is 14.0 Å². The van der Waals surface area contributed by atoms with Crippen LogP contribution in [0.1, 0.15) is 37.3 Å². The van der Waals surface area contributed by atoms with Crippen molar-refractivity contribution in [1.29, 1.82) is 0 Å². The smallest absolute Gasteiger partial charge is 0.248 e. The van der Waals surface area contributed by atoms with Gasteiger partial charge in [-0.1, -0.05) is 12.1 Å². The summed E-state index contributed by atoms with van der Waals surface area (Å²) in [4.78, 5) is 38.1. The van der Waals surface area contributed by atoms with E-state index >= 15 is 0 Å². The highest BCUT2D eigenvalue weighted by atomic mass is 32.1. The maximum atomic E-state index is 14.9. The normalized spacial score (nSPS) is 17.5. The van der Waals surface area contributed by atoms with E-state index in [-0.39, 0.29) is 29.9 Å². The van der Waals surface area contributed by atoms with Crippen LogP contribution in [0.2, 0.25) is 0 Å². The Morgan fingerprint density at radius 2 is 1.90 bits per heavy atom. The van der Waals surface area contributed by atoms with Gasteiger partial charge < -0.3 is 14.7 Å². The van der Waals surface area contributed by atoms with Gasteiger partial charge in [0.15, 0.2) is 11.6 Å². The fourth-order valence-corrected chi connectivity index (χ4v) is 6.42.